The molecule has 1 saturated heterocycles. The maximum absolute atomic E-state index is 12.4. The van der Waals surface area contributed by atoms with Gasteiger partial charge in [-0.15, -0.1) is 0 Å². The molecule has 1 atom stereocenters. The number of halogens is 1. The van der Waals surface area contributed by atoms with E-state index in [1.807, 2.05) is 0 Å². The second-order valence-electron chi connectivity index (χ2n) is 4.56. The summed E-state index contributed by atoms with van der Waals surface area (Å²) >= 11 is 11.7. The summed E-state index contributed by atoms with van der Waals surface area (Å²) in [4.78, 5) is 35.5. The van der Waals surface area contributed by atoms with Gasteiger partial charge in [-0.05, 0) is 23.8 Å². The molecule has 1 fully saturated rings. The van der Waals surface area contributed by atoms with Gasteiger partial charge in [0.15, 0.2) is 0 Å². The van der Waals surface area contributed by atoms with Crippen molar-refractivity contribution in [3.05, 3.63) is 39.8 Å². The van der Waals surface area contributed by atoms with Gasteiger partial charge in [-0.3, -0.25) is 14.5 Å². The van der Waals surface area contributed by atoms with Crippen molar-refractivity contribution >= 4 is 63.8 Å². The second-order valence-corrected chi connectivity index (χ2v) is 6.67. The lowest BCUT2D eigenvalue weighted by atomic mass is 10.1. The fraction of sp³-hybridized carbons (Fsp3) is 0.143. The highest BCUT2D eigenvalue weighted by atomic mass is 35.5. The average molecular weight is 372 g/mol. The van der Waals surface area contributed by atoms with Crippen LogP contribution in [0.15, 0.2) is 29.2 Å². The third-order valence-electron chi connectivity index (χ3n) is 2.96. The molecule has 0 aliphatic carbocycles. The van der Waals surface area contributed by atoms with Gasteiger partial charge in [0, 0.05) is 5.02 Å². The molecule has 2 rings (SSSR count). The third-order valence-corrected chi connectivity index (χ3v) is 4.54. The van der Waals surface area contributed by atoms with E-state index in [1.165, 1.54) is 0 Å². The number of thioether (sulfide) groups is 1. The van der Waals surface area contributed by atoms with Gasteiger partial charge in [0.05, 0.1) is 11.3 Å². The molecule has 1 aromatic rings. The first kappa shape index (κ1) is 17.5. The van der Waals surface area contributed by atoms with Crippen LogP contribution >= 0.6 is 35.6 Å². The van der Waals surface area contributed by atoms with Crippen LogP contribution in [0.3, 0.4) is 0 Å². The molecule has 0 bridgehead atoms. The van der Waals surface area contributed by atoms with E-state index in [0.29, 0.717) is 10.6 Å². The van der Waals surface area contributed by atoms with Crippen molar-refractivity contribution in [1.29, 1.82) is 0 Å². The number of amides is 1. The molecule has 1 aromatic carbocycles. The third kappa shape index (κ3) is 4.10. The van der Waals surface area contributed by atoms with Gasteiger partial charge in [-0.2, -0.15) is 0 Å². The van der Waals surface area contributed by atoms with Crippen molar-refractivity contribution in [2.24, 2.45) is 0 Å². The Balaban J connectivity index is 2.30. The Kier molecular flexibility index (Phi) is 5.40. The molecule has 1 heterocycles. The molecule has 120 valence electrons. The molecule has 6 nitrogen and oxygen atoms in total. The van der Waals surface area contributed by atoms with E-state index in [4.69, 9.17) is 34.0 Å². The van der Waals surface area contributed by atoms with Gasteiger partial charge in [0.1, 0.15) is 10.4 Å². The van der Waals surface area contributed by atoms with Crippen molar-refractivity contribution in [3.63, 3.8) is 0 Å². The van der Waals surface area contributed by atoms with Crippen LogP contribution in [0.25, 0.3) is 6.08 Å². The Labute approximate surface area is 145 Å². The van der Waals surface area contributed by atoms with Gasteiger partial charge >= 0.3 is 11.9 Å². The van der Waals surface area contributed by atoms with E-state index >= 15 is 0 Å². The molecule has 23 heavy (non-hydrogen) atoms. The summed E-state index contributed by atoms with van der Waals surface area (Å²) in [6, 6.07) is 5.16. The molecule has 0 unspecified atom stereocenters. The van der Waals surface area contributed by atoms with E-state index in [-0.39, 0.29) is 9.23 Å². The first-order chi connectivity index (χ1) is 10.8. The number of carbonyl (C=O) groups is 3. The molecule has 1 amide bonds. The molecule has 0 saturated carbocycles. The largest absolute Gasteiger partial charge is 0.481 e. The molecule has 0 spiro atoms. The van der Waals surface area contributed by atoms with Gasteiger partial charge in [0.25, 0.3) is 5.91 Å². The fourth-order valence-corrected chi connectivity index (χ4v) is 3.40. The summed E-state index contributed by atoms with van der Waals surface area (Å²) in [5, 5.41) is 18.5. The Bertz CT molecular complexity index is 716. The van der Waals surface area contributed by atoms with E-state index in [1.54, 1.807) is 30.3 Å². The molecule has 1 aliphatic rings. The Morgan fingerprint density at radius 3 is 2.43 bits per heavy atom. The molecule has 0 aromatic heterocycles. The monoisotopic (exact) mass is 371 g/mol. The highest BCUT2D eigenvalue weighted by Gasteiger charge is 2.41. The number of hydrogen-bond donors (Lipinski definition) is 2. The van der Waals surface area contributed by atoms with Crippen LogP contribution < -0.4 is 0 Å². The Hall–Kier alpha value is -1.90. The van der Waals surface area contributed by atoms with E-state index in [2.05, 4.69) is 0 Å². The average Bonchev–Trinajstić information content (AvgIpc) is 2.73. The minimum atomic E-state index is -1.53. The minimum absolute atomic E-state index is 0.0175. The molecule has 1 aliphatic heterocycles. The zero-order valence-electron chi connectivity index (χ0n) is 11.4. The van der Waals surface area contributed by atoms with Gasteiger partial charge in [-0.1, -0.05) is 47.7 Å². The summed E-state index contributed by atoms with van der Waals surface area (Å²) in [6.07, 6.45) is 0.825. The van der Waals surface area contributed by atoms with Crippen LogP contribution in [-0.2, 0) is 14.4 Å². The van der Waals surface area contributed by atoms with Crippen molar-refractivity contribution in [3.8, 4) is 0 Å². The number of nitrogens with zero attached hydrogens (tertiary/aromatic N) is 1. The van der Waals surface area contributed by atoms with E-state index in [9.17, 15) is 14.4 Å². The highest BCUT2D eigenvalue weighted by molar-refractivity contribution is 8.26. The molecule has 9 heteroatoms. The van der Waals surface area contributed by atoms with Gasteiger partial charge in [0.2, 0.25) is 0 Å². The van der Waals surface area contributed by atoms with Gasteiger partial charge < -0.3 is 10.2 Å². The van der Waals surface area contributed by atoms with E-state index in [0.717, 1.165) is 16.7 Å². The zero-order chi connectivity index (χ0) is 17.1. The van der Waals surface area contributed by atoms with Gasteiger partial charge in [-0.25, -0.2) is 4.79 Å². The summed E-state index contributed by atoms with van der Waals surface area (Å²) in [5.74, 6) is -3.37. The predicted octanol–water partition coefficient (Wildman–Crippen LogP) is 2.47. The summed E-state index contributed by atoms with van der Waals surface area (Å²) in [5.41, 5.74) is 0.694. The SMILES string of the molecule is O=C(O)C[C@H](C(=O)O)N1C(=O)/C(=C\c2ccc(Cl)cc2)SC1=S. The molecular weight excluding hydrogens is 362 g/mol. The van der Waals surface area contributed by atoms with E-state index < -0.39 is 30.3 Å². The van der Waals surface area contributed by atoms with Crippen molar-refractivity contribution < 1.29 is 24.6 Å². The summed E-state index contributed by atoms with van der Waals surface area (Å²) < 4.78 is 0.0175. The lowest BCUT2D eigenvalue weighted by Gasteiger charge is -2.21. The first-order valence-electron chi connectivity index (χ1n) is 6.27. The number of benzene rings is 1. The first-order valence-corrected chi connectivity index (χ1v) is 7.87. The summed E-state index contributed by atoms with van der Waals surface area (Å²) in [6.45, 7) is 0. The second kappa shape index (κ2) is 7.12. The minimum Gasteiger partial charge on any atom is -0.481 e. The van der Waals surface area contributed by atoms with Crippen LogP contribution in [0.1, 0.15) is 12.0 Å². The number of aliphatic carboxylic acids is 2. The smallest absolute Gasteiger partial charge is 0.327 e. The number of thiocarbonyl (C=S) groups is 1. The Morgan fingerprint density at radius 2 is 1.91 bits per heavy atom. The maximum Gasteiger partial charge on any atom is 0.327 e. The quantitative estimate of drug-likeness (QED) is 0.606. The molecule has 0 radical (unpaired) electrons. The van der Waals surface area contributed by atoms with Crippen LogP contribution in [0, 0.1) is 0 Å². The molecule has 2 N–H and O–H groups in total. The van der Waals surface area contributed by atoms with Crippen molar-refractivity contribution in [1.82, 2.24) is 4.90 Å². The standard InChI is InChI=1S/C14H10ClNO5S2/c15-8-3-1-7(2-4-8)5-10-12(19)16(14(22)23-10)9(13(20)21)6-11(17)18/h1-5,9H,6H2,(H,17,18)(H,20,21)/b10-5+/t9-/m1/s1. The Morgan fingerprint density at radius 1 is 1.30 bits per heavy atom. The van der Waals surface area contributed by atoms with Crippen LogP contribution in [0.2, 0.25) is 5.02 Å². The summed E-state index contributed by atoms with van der Waals surface area (Å²) in [7, 11) is 0. The number of carboxylic acids is 2. The van der Waals surface area contributed by atoms with Crippen LogP contribution in [0.5, 0.6) is 0 Å². The van der Waals surface area contributed by atoms with Crippen LogP contribution in [-0.4, -0.2) is 43.3 Å². The van der Waals surface area contributed by atoms with Crippen molar-refractivity contribution in [2.75, 3.05) is 0 Å². The lowest BCUT2D eigenvalue weighted by molar-refractivity contribution is -0.150. The number of carbonyl (C=O) groups excluding carboxylic acids is 1. The zero-order valence-corrected chi connectivity index (χ0v) is 13.8. The predicted molar refractivity (Wildman–Crippen MR) is 90.1 cm³/mol. The maximum atomic E-state index is 12.4. The lowest BCUT2D eigenvalue weighted by Crippen LogP contribution is -2.45. The van der Waals surface area contributed by atoms with Crippen molar-refractivity contribution in [2.45, 2.75) is 12.5 Å². The highest BCUT2D eigenvalue weighted by Crippen LogP contribution is 2.34. The molecular formula is C14H10ClNO5S2. The number of carboxylic acid groups (broad SMARTS) is 2. The van der Waals surface area contributed by atoms with Crippen LogP contribution in [0.4, 0.5) is 0 Å². The fourth-order valence-electron chi connectivity index (χ4n) is 1.91. The topological polar surface area (TPSA) is 94.9 Å². The number of rotatable bonds is 5. The normalized spacial score (nSPS) is 17.6. The number of hydrogen-bond acceptors (Lipinski definition) is 5.